The van der Waals surface area contributed by atoms with E-state index in [4.69, 9.17) is 21.4 Å². The summed E-state index contributed by atoms with van der Waals surface area (Å²) in [6, 6.07) is 7.21. The summed E-state index contributed by atoms with van der Waals surface area (Å²) in [6.45, 7) is 0. The van der Waals surface area contributed by atoms with Crippen molar-refractivity contribution in [3.05, 3.63) is 62.1 Å². The quantitative estimate of drug-likeness (QED) is 0.556. The third-order valence-electron chi connectivity index (χ3n) is 3.74. The molecule has 9 heteroatoms. The van der Waals surface area contributed by atoms with E-state index >= 15 is 0 Å². The Labute approximate surface area is 166 Å². The standard InChI is InChI=1S/C18H12BrClN2O5/c1-27-14-6-8(4-11(19)15(14)23)5-12(20)16-21-13-7-9(18(25)26)2-3-10(13)17(24)22-16/h2-7,23H,1H3,(H,25,26)(H,21,22,24). The number of aromatic nitrogens is 2. The van der Waals surface area contributed by atoms with Crippen LogP contribution in [0.3, 0.4) is 0 Å². The lowest BCUT2D eigenvalue weighted by molar-refractivity contribution is 0.0697. The van der Waals surface area contributed by atoms with Gasteiger partial charge < -0.3 is 19.9 Å². The second kappa shape index (κ2) is 7.42. The fourth-order valence-electron chi connectivity index (χ4n) is 2.43. The summed E-state index contributed by atoms with van der Waals surface area (Å²) in [5.41, 5.74) is 0.370. The number of carboxylic acid groups (broad SMARTS) is 1. The molecule has 0 spiro atoms. The normalized spacial score (nSPS) is 11.6. The maximum absolute atomic E-state index is 12.2. The minimum atomic E-state index is -1.12. The highest BCUT2D eigenvalue weighted by Crippen LogP contribution is 2.36. The van der Waals surface area contributed by atoms with Crippen molar-refractivity contribution in [3.63, 3.8) is 0 Å². The summed E-state index contributed by atoms with van der Waals surface area (Å²) >= 11 is 9.51. The van der Waals surface area contributed by atoms with Crippen molar-refractivity contribution >= 4 is 55.5 Å². The molecule has 2 aromatic carbocycles. The molecule has 0 fully saturated rings. The van der Waals surface area contributed by atoms with Crippen LogP contribution in [0.15, 0.2) is 39.6 Å². The number of carboxylic acids is 1. The third kappa shape index (κ3) is 3.81. The van der Waals surface area contributed by atoms with Crippen molar-refractivity contribution in [2.45, 2.75) is 0 Å². The molecule has 3 aromatic rings. The first-order chi connectivity index (χ1) is 12.8. The molecule has 0 aliphatic rings. The largest absolute Gasteiger partial charge is 0.503 e. The Bertz CT molecular complexity index is 1160. The highest BCUT2D eigenvalue weighted by atomic mass is 79.9. The van der Waals surface area contributed by atoms with Gasteiger partial charge in [0.25, 0.3) is 5.56 Å². The Balaban J connectivity index is 2.11. The predicted molar refractivity (Wildman–Crippen MR) is 105 cm³/mol. The van der Waals surface area contributed by atoms with Gasteiger partial charge >= 0.3 is 5.97 Å². The van der Waals surface area contributed by atoms with E-state index < -0.39 is 11.5 Å². The fraction of sp³-hybridized carbons (Fsp3) is 0.0556. The zero-order valence-corrected chi connectivity index (χ0v) is 16.1. The second-order valence-electron chi connectivity index (χ2n) is 5.50. The van der Waals surface area contributed by atoms with E-state index in [-0.39, 0.29) is 38.8 Å². The number of phenolic OH excluding ortho intramolecular Hbond substituents is 1. The van der Waals surface area contributed by atoms with E-state index in [1.54, 1.807) is 12.1 Å². The van der Waals surface area contributed by atoms with Crippen LogP contribution in [0.4, 0.5) is 0 Å². The van der Waals surface area contributed by atoms with E-state index in [1.165, 1.54) is 31.4 Å². The van der Waals surface area contributed by atoms with Crippen LogP contribution in [-0.2, 0) is 0 Å². The van der Waals surface area contributed by atoms with Gasteiger partial charge in [0.05, 0.1) is 33.1 Å². The average Bonchev–Trinajstić information content (AvgIpc) is 2.63. The van der Waals surface area contributed by atoms with Crippen LogP contribution in [0.5, 0.6) is 11.5 Å². The van der Waals surface area contributed by atoms with Crippen molar-refractivity contribution in [3.8, 4) is 11.5 Å². The average molecular weight is 452 g/mol. The molecule has 0 atom stereocenters. The van der Waals surface area contributed by atoms with Gasteiger partial charge in [0.1, 0.15) is 0 Å². The first-order valence-electron chi connectivity index (χ1n) is 7.51. The van der Waals surface area contributed by atoms with Crippen molar-refractivity contribution < 1.29 is 19.7 Å². The van der Waals surface area contributed by atoms with E-state index in [9.17, 15) is 14.7 Å². The second-order valence-corrected chi connectivity index (χ2v) is 6.76. The van der Waals surface area contributed by atoms with Crippen molar-refractivity contribution in [1.29, 1.82) is 0 Å². The number of methoxy groups -OCH3 is 1. The molecule has 0 unspecified atom stereocenters. The van der Waals surface area contributed by atoms with Gasteiger partial charge in [-0.15, -0.1) is 0 Å². The molecular formula is C18H12BrClN2O5. The van der Waals surface area contributed by atoms with Gasteiger partial charge in [0.15, 0.2) is 17.3 Å². The van der Waals surface area contributed by atoms with Crippen molar-refractivity contribution in [2.24, 2.45) is 0 Å². The van der Waals surface area contributed by atoms with Crippen LogP contribution >= 0.6 is 27.5 Å². The van der Waals surface area contributed by atoms with Crippen LogP contribution in [0.2, 0.25) is 0 Å². The van der Waals surface area contributed by atoms with Crippen molar-refractivity contribution in [1.82, 2.24) is 9.97 Å². The molecule has 0 amide bonds. The zero-order chi connectivity index (χ0) is 19.7. The molecule has 0 aliphatic carbocycles. The summed E-state index contributed by atoms with van der Waals surface area (Å²) in [4.78, 5) is 30.2. The number of rotatable bonds is 4. The molecule has 0 saturated heterocycles. The SMILES string of the molecule is COc1cc(C=C(Cl)c2nc3cc(C(=O)O)ccc3c(=O)[nH]2)cc(Br)c1O. The van der Waals surface area contributed by atoms with E-state index in [0.29, 0.717) is 10.0 Å². The number of halogens is 2. The third-order valence-corrected chi connectivity index (χ3v) is 4.64. The highest BCUT2D eigenvalue weighted by molar-refractivity contribution is 9.10. The molecule has 138 valence electrons. The van der Waals surface area contributed by atoms with E-state index in [1.807, 2.05) is 0 Å². The zero-order valence-electron chi connectivity index (χ0n) is 13.8. The number of aromatic amines is 1. The lowest BCUT2D eigenvalue weighted by atomic mass is 10.1. The number of hydrogen-bond donors (Lipinski definition) is 3. The molecule has 0 radical (unpaired) electrons. The number of phenols is 1. The minimum absolute atomic E-state index is 0.0128. The summed E-state index contributed by atoms with van der Waals surface area (Å²) in [5, 5.41) is 19.3. The molecule has 0 saturated carbocycles. The van der Waals surface area contributed by atoms with Crippen LogP contribution in [0, 0.1) is 0 Å². The van der Waals surface area contributed by atoms with Gasteiger partial charge in [-0.25, -0.2) is 9.78 Å². The van der Waals surface area contributed by atoms with Gasteiger partial charge in [0.2, 0.25) is 0 Å². The number of hydrogen-bond acceptors (Lipinski definition) is 5. The minimum Gasteiger partial charge on any atom is -0.503 e. The fourth-order valence-corrected chi connectivity index (χ4v) is 3.11. The number of aromatic carboxylic acids is 1. The first-order valence-corrected chi connectivity index (χ1v) is 8.68. The van der Waals surface area contributed by atoms with Gasteiger partial charge in [-0.2, -0.15) is 0 Å². The van der Waals surface area contributed by atoms with Crippen molar-refractivity contribution in [2.75, 3.05) is 7.11 Å². The molecule has 0 aliphatic heterocycles. The molecule has 1 aromatic heterocycles. The molecule has 3 N–H and O–H groups in total. The van der Waals surface area contributed by atoms with Crippen LogP contribution in [0.25, 0.3) is 22.0 Å². The molecule has 0 bridgehead atoms. The first kappa shape index (κ1) is 18.9. The van der Waals surface area contributed by atoms with Gasteiger partial charge in [-0.1, -0.05) is 11.6 Å². The van der Waals surface area contributed by atoms with E-state index in [0.717, 1.165) is 0 Å². The Hall–Kier alpha value is -2.84. The number of nitrogens with one attached hydrogen (secondary N) is 1. The number of carbonyl (C=O) groups is 1. The summed E-state index contributed by atoms with van der Waals surface area (Å²) in [6.07, 6.45) is 1.53. The van der Waals surface area contributed by atoms with Crippen LogP contribution < -0.4 is 10.3 Å². The Morgan fingerprint density at radius 2 is 2.07 bits per heavy atom. The van der Waals surface area contributed by atoms with Gasteiger partial charge in [-0.05, 0) is 57.9 Å². The number of H-pyrrole nitrogens is 1. The topological polar surface area (TPSA) is 113 Å². The lowest BCUT2D eigenvalue weighted by Gasteiger charge is -2.07. The Morgan fingerprint density at radius 3 is 2.74 bits per heavy atom. The predicted octanol–water partition coefficient (Wildman–Crippen LogP) is 3.83. The summed E-state index contributed by atoms with van der Waals surface area (Å²) in [5.74, 6) is -0.849. The highest BCUT2D eigenvalue weighted by Gasteiger charge is 2.12. The number of nitrogens with zero attached hydrogens (tertiary/aromatic N) is 1. The molecule has 3 rings (SSSR count). The number of benzene rings is 2. The molecular weight excluding hydrogens is 440 g/mol. The number of fused-ring (bicyclic) bond motifs is 1. The molecule has 7 nitrogen and oxygen atoms in total. The Kier molecular flexibility index (Phi) is 5.20. The number of aromatic hydroxyl groups is 1. The van der Waals surface area contributed by atoms with Gasteiger partial charge in [-0.3, -0.25) is 4.79 Å². The lowest BCUT2D eigenvalue weighted by Crippen LogP contribution is -2.11. The molecule has 1 heterocycles. The summed E-state index contributed by atoms with van der Waals surface area (Å²) < 4.78 is 5.49. The number of ether oxygens (including phenoxy) is 1. The monoisotopic (exact) mass is 450 g/mol. The Morgan fingerprint density at radius 1 is 1.33 bits per heavy atom. The van der Waals surface area contributed by atoms with Gasteiger partial charge in [0, 0.05) is 0 Å². The van der Waals surface area contributed by atoms with Crippen LogP contribution in [0.1, 0.15) is 21.7 Å². The maximum atomic E-state index is 12.2. The van der Waals surface area contributed by atoms with E-state index in [2.05, 4.69) is 25.9 Å². The summed E-state index contributed by atoms with van der Waals surface area (Å²) in [7, 11) is 1.42. The molecule has 27 heavy (non-hydrogen) atoms. The van der Waals surface area contributed by atoms with Crippen LogP contribution in [-0.4, -0.2) is 33.3 Å². The smallest absolute Gasteiger partial charge is 0.335 e. The maximum Gasteiger partial charge on any atom is 0.335 e.